The van der Waals surface area contributed by atoms with Gasteiger partial charge in [-0.15, -0.1) is 0 Å². The molecule has 110 valence electrons. The van der Waals surface area contributed by atoms with E-state index in [-0.39, 0.29) is 0 Å². The van der Waals surface area contributed by atoms with E-state index in [0.29, 0.717) is 12.1 Å². The first-order chi connectivity index (χ1) is 10.3. The van der Waals surface area contributed by atoms with Crippen LogP contribution in [-0.2, 0) is 6.54 Å². The summed E-state index contributed by atoms with van der Waals surface area (Å²) in [4.78, 5) is 0. The lowest BCUT2D eigenvalue weighted by Gasteiger charge is -2.24. The van der Waals surface area contributed by atoms with Gasteiger partial charge in [0.2, 0.25) is 0 Å². The SMILES string of the molecule is C[C@H](NC1CCNCc2ccccc21)c1ccccc1Br. The Morgan fingerprint density at radius 3 is 2.76 bits per heavy atom. The number of halogens is 1. The number of hydrogen-bond acceptors (Lipinski definition) is 2. The number of rotatable bonds is 3. The molecule has 2 N–H and O–H groups in total. The highest BCUT2D eigenvalue weighted by atomic mass is 79.9. The first-order valence-corrected chi connectivity index (χ1v) is 8.34. The Bertz CT molecular complexity index is 612. The van der Waals surface area contributed by atoms with Crippen LogP contribution in [0.25, 0.3) is 0 Å². The molecule has 3 rings (SSSR count). The molecular weight excluding hydrogens is 324 g/mol. The quantitative estimate of drug-likeness (QED) is 0.865. The molecule has 0 aliphatic carbocycles. The average molecular weight is 345 g/mol. The van der Waals surface area contributed by atoms with E-state index < -0.39 is 0 Å². The summed E-state index contributed by atoms with van der Waals surface area (Å²) in [5.74, 6) is 0. The van der Waals surface area contributed by atoms with Gasteiger partial charge < -0.3 is 10.6 Å². The minimum absolute atomic E-state index is 0.316. The van der Waals surface area contributed by atoms with Crippen LogP contribution in [0.2, 0.25) is 0 Å². The molecule has 2 aromatic rings. The van der Waals surface area contributed by atoms with Gasteiger partial charge in [0.15, 0.2) is 0 Å². The van der Waals surface area contributed by atoms with Crippen LogP contribution >= 0.6 is 15.9 Å². The van der Waals surface area contributed by atoms with E-state index >= 15 is 0 Å². The van der Waals surface area contributed by atoms with Crippen molar-refractivity contribution < 1.29 is 0 Å². The Kier molecular flexibility index (Phi) is 4.73. The standard InChI is InChI=1S/C18H21BrN2/c1-13(15-7-4-5-9-17(15)19)21-18-10-11-20-12-14-6-2-3-8-16(14)18/h2-9,13,18,20-21H,10-12H2,1H3/t13-,18?/m0/s1. The minimum atomic E-state index is 0.316. The number of nitrogens with one attached hydrogen (secondary N) is 2. The fourth-order valence-corrected chi connectivity index (χ4v) is 3.68. The molecule has 0 bridgehead atoms. The molecule has 2 nitrogen and oxygen atoms in total. The molecule has 2 aromatic carbocycles. The van der Waals surface area contributed by atoms with Crippen LogP contribution in [0.15, 0.2) is 53.0 Å². The Labute approximate surface area is 135 Å². The number of fused-ring (bicyclic) bond motifs is 1. The van der Waals surface area contributed by atoms with Crippen LogP contribution < -0.4 is 10.6 Å². The second kappa shape index (κ2) is 6.73. The summed E-state index contributed by atoms with van der Waals surface area (Å²) in [6.45, 7) is 4.26. The van der Waals surface area contributed by atoms with E-state index in [4.69, 9.17) is 0 Å². The molecule has 1 aliphatic heterocycles. The second-order valence-corrected chi connectivity index (χ2v) is 6.48. The van der Waals surface area contributed by atoms with Crippen LogP contribution in [0.4, 0.5) is 0 Å². The molecule has 21 heavy (non-hydrogen) atoms. The maximum absolute atomic E-state index is 3.80. The molecule has 1 aliphatic rings. The smallest absolute Gasteiger partial charge is 0.0340 e. The maximum atomic E-state index is 3.80. The summed E-state index contributed by atoms with van der Waals surface area (Å²) in [6.07, 6.45) is 1.12. The summed E-state index contributed by atoms with van der Waals surface area (Å²) in [5.41, 5.74) is 4.15. The van der Waals surface area contributed by atoms with Crippen LogP contribution in [-0.4, -0.2) is 6.54 Å². The normalized spacial score (nSPS) is 19.6. The van der Waals surface area contributed by atoms with Crippen molar-refractivity contribution in [3.63, 3.8) is 0 Å². The summed E-state index contributed by atoms with van der Waals surface area (Å²) < 4.78 is 1.17. The highest BCUT2D eigenvalue weighted by Crippen LogP contribution is 2.29. The second-order valence-electron chi connectivity index (χ2n) is 5.63. The molecule has 0 radical (unpaired) electrons. The van der Waals surface area contributed by atoms with Crippen molar-refractivity contribution in [1.82, 2.24) is 10.6 Å². The van der Waals surface area contributed by atoms with Gasteiger partial charge in [-0.3, -0.25) is 0 Å². The van der Waals surface area contributed by atoms with Gasteiger partial charge in [0, 0.05) is 23.1 Å². The van der Waals surface area contributed by atoms with E-state index in [1.165, 1.54) is 21.2 Å². The highest BCUT2D eigenvalue weighted by molar-refractivity contribution is 9.10. The summed E-state index contributed by atoms with van der Waals surface area (Å²) in [7, 11) is 0. The van der Waals surface area contributed by atoms with Crippen molar-refractivity contribution in [2.24, 2.45) is 0 Å². The fourth-order valence-electron chi connectivity index (χ4n) is 3.05. The summed E-state index contributed by atoms with van der Waals surface area (Å²) >= 11 is 3.66. The van der Waals surface area contributed by atoms with Gasteiger partial charge in [-0.1, -0.05) is 58.4 Å². The zero-order valence-electron chi connectivity index (χ0n) is 12.3. The van der Waals surface area contributed by atoms with Crippen LogP contribution in [0, 0.1) is 0 Å². The van der Waals surface area contributed by atoms with E-state index in [1.807, 2.05) is 0 Å². The van der Waals surface area contributed by atoms with E-state index in [9.17, 15) is 0 Å². The number of benzene rings is 2. The summed E-state index contributed by atoms with van der Waals surface area (Å²) in [5, 5.41) is 7.31. The zero-order chi connectivity index (χ0) is 14.7. The molecule has 0 spiro atoms. The molecule has 0 aromatic heterocycles. The summed E-state index contributed by atoms with van der Waals surface area (Å²) in [6, 6.07) is 17.9. The van der Waals surface area contributed by atoms with Crippen molar-refractivity contribution in [3.8, 4) is 0 Å². The predicted octanol–water partition coefficient (Wildman–Crippen LogP) is 4.33. The molecule has 2 atom stereocenters. The van der Waals surface area contributed by atoms with Crippen LogP contribution in [0.5, 0.6) is 0 Å². The van der Waals surface area contributed by atoms with Crippen molar-refractivity contribution >= 4 is 15.9 Å². The van der Waals surface area contributed by atoms with Crippen LogP contribution in [0.3, 0.4) is 0 Å². The predicted molar refractivity (Wildman–Crippen MR) is 91.2 cm³/mol. The first kappa shape index (κ1) is 14.8. The van der Waals surface area contributed by atoms with Gasteiger partial charge in [-0.2, -0.15) is 0 Å². The maximum Gasteiger partial charge on any atom is 0.0340 e. The molecule has 1 unspecified atom stereocenters. The van der Waals surface area contributed by atoms with Gasteiger partial charge in [0.1, 0.15) is 0 Å². The topological polar surface area (TPSA) is 24.1 Å². The lowest BCUT2D eigenvalue weighted by Crippen LogP contribution is -2.26. The molecule has 0 fully saturated rings. The van der Waals surface area contributed by atoms with Crippen molar-refractivity contribution in [2.45, 2.75) is 32.0 Å². The minimum Gasteiger partial charge on any atom is -0.313 e. The Morgan fingerprint density at radius 2 is 1.90 bits per heavy atom. The van der Waals surface area contributed by atoms with Gasteiger partial charge in [-0.05, 0) is 42.6 Å². The lowest BCUT2D eigenvalue weighted by atomic mass is 9.97. The van der Waals surface area contributed by atoms with E-state index in [2.05, 4.69) is 82.0 Å². The van der Waals surface area contributed by atoms with Crippen molar-refractivity contribution in [2.75, 3.05) is 6.54 Å². The van der Waals surface area contributed by atoms with E-state index in [0.717, 1.165) is 19.5 Å². The molecule has 0 saturated carbocycles. The fraction of sp³-hybridized carbons (Fsp3) is 0.333. The third kappa shape index (κ3) is 3.37. The largest absolute Gasteiger partial charge is 0.313 e. The van der Waals surface area contributed by atoms with Gasteiger partial charge >= 0.3 is 0 Å². The monoisotopic (exact) mass is 344 g/mol. The molecule has 3 heteroatoms. The van der Waals surface area contributed by atoms with Gasteiger partial charge in [0.25, 0.3) is 0 Å². The molecular formula is C18H21BrN2. The Balaban J connectivity index is 1.83. The lowest BCUT2D eigenvalue weighted by molar-refractivity contribution is 0.442. The highest BCUT2D eigenvalue weighted by Gasteiger charge is 2.20. The first-order valence-electron chi connectivity index (χ1n) is 7.54. The third-order valence-corrected chi connectivity index (χ3v) is 4.90. The Morgan fingerprint density at radius 1 is 1.14 bits per heavy atom. The molecule has 0 saturated heterocycles. The van der Waals surface area contributed by atoms with Crippen molar-refractivity contribution in [3.05, 3.63) is 69.7 Å². The molecule has 0 amide bonds. The zero-order valence-corrected chi connectivity index (χ0v) is 13.9. The van der Waals surface area contributed by atoms with Crippen molar-refractivity contribution in [1.29, 1.82) is 0 Å². The average Bonchev–Trinajstić information content (AvgIpc) is 2.70. The van der Waals surface area contributed by atoms with E-state index in [1.54, 1.807) is 0 Å². The Hall–Kier alpha value is -1.16. The number of hydrogen-bond donors (Lipinski definition) is 2. The third-order valence-electron chi connectivity index (χ3n) is 4.18. The van der Waals surface area contributed by atoms with Gasteiger partial charge in [-0.25, -0.2) is 0 Å². The van der Waals surface area contributed by atoms with Gasteiger partial charge in [0.05, 0.1) is 0 Å². The molecule has 1 heterocycles. The van der Waals surface area contributed by atoms with Crippen LogP contribution in [0.1, 0.15) is 42.1 Å².